The number of benzene rings is 4. The van der Waals surface area contributed by atoms with Crippen molar-refractivity contribution in [1.82, 2.24) is 4.98 Å². The molecule has 0 saturated heterocycles. The van der Waals surface area contributed by atoms with Crippen LogP contribution in [-0.2, 0) is 0 Å². The van der Waals surface area contributed by atoms with E-state index in [2.05, 4.69) is 49.4 Å². The van der Waals surface area contributed by atoms with Gasteiger partial charge < -0.3 is 0 Å². The number of aromatic nitrogens is 1. The van der Waals surface area contributed by atoms with Gasteiger partial charge in [0.1, 0.15) is 0 Å². The first-order chi connectivity index (χ1) is 16.0. The third-order valence-electron chi connectivity index (χ3n) is 6.01. The van der Waals surface area contributed by atoms with Gasteiger partial charge in [-0.1, -0.05) is 66.7 Å². The molecule has 5 rings (SSSR count). The van der Waals surface area contributed by atoms with E-state index in [4.69, 9.17) is 4.98 Å². The van der Waals surface area contributed by atoms with E-state index >= 15 is 0 Å². The molecule has 4 aromatic carbocycles. The van der Waals surface area contributed by atoms with Crippen LogP contribution in [0.25, 0.3) is 44.4 Å². The average Bonchev–Trinajstić information content (AvgIpc) is 2.84. The number of hydrogen-bond donors (Lipinski definition) is 0. The Balaban J connectivity index is 1.77. The average molecular weight is 431 g/mol. The molecule has 1 aromatic heterocycles. The van der Waals surface area contributed by atoms with Crippen molar-refractivity contribution in [3.05, 3.63) is 118 Å². The zero-order chi connectivity index (χ0) is 22.9. The maximum atomic E-state index is 11.4. The van der Waals surface area contributed by atoms with Crippen LogP contribution in [0.4, 0.5) is 5.69 Å². The van der Waals surface area contributed by atoms with Crippen molar-refractivity contribution in [2.24, 2.45) is 0 Å². The van der Waals surface area contributed by atoms with Crippen LogP contribution in [0.1, 0.15) is 11.1 Å². The number of aryl methyl sites for hydroxylation is 2. The molecule has 0 spiro atoms. The largest absolute Gasteiger partial charge is 0.270 e. The summed E-state index contributed by atoms with van der Waals surface area (Å²) in [6.07, 6.45) is 0. The van der Waals surface area contributed by atoms with Crippen LogP contribution in [0.5, 0.6) is 0 Å². The van der Waals surface area contributed by atoms with Gasteiger partial charge in [0.15, 0.2) is 0 Å². The third-order valence-corrected chi connectivity index (χ3v) is 6.01. The lowest BCUT2D eigenvalue weighted by Gasteiger charge is -2.14. The fraction of sp³-hybridized carbons (Fsp3) is 0.0690. The molecule has 0 amide bonds. The minimum absolute atomic E-state index is 0.0611. The summed E-state index contributed by atoms with van der Waals surface area (Å²) in [5.41, 5.74) is 7.62. The van der Waals surface area contributed by atoms with Gasteiger partial charge in [-0.3, -0.25) is 10.1 Å². The lowest BCUT2D eigenvalue weighted by Crippen LogP contribution is -1.96. The van der Waals surface area contributed by atoms with Gasteiger partial charge in [-0.25, -0.2) is 4.98 Å². The molecule has 4 heteroatoms. The second-order valence-electron chi connectivity index (χ2n) is 8.26. The quantitative estimate of drug-likeness (QED) is 0.216. The Morgan fingerprint density at radius 3 is 1.91 bits per heavy atom. The molecule has 0 radical (unpaired) electrons. The number of fused-ring (bicyclic) bond motifs is 1. The lowest BCUT2D eigenvalue weighted by molar-refractivity contribution is -0.384. The van der Waals surface area contributed by atoms with Gasteiger partial charge in [0.05, 0.1) is 16.3 Å². The van der Waals surface area contributed by atoms with Crippen LogP contribution in [-0.4, -0.2) is 9.91 Å². The van der Waals surface area contributed by atoms with Gasteiger partial charge in [-0.05, 0) is 65.1 Å². The number of pyridine rings is 1. The SMILES string of the molecule is Cc1ccc([N+](=O)[O-])cc1-c1cc(-c2ccccc2)cc(-c2cc3ccccc3cc2C)n1. The van der Waals surface area contributed by atoms with Gasteiger partial charge in [-0.2, -0.15) is 0 Å². The van der Waals surface area contributed by atoms with Crippen molar-refractivity contribution < 1.29 is 4.92 Å². The first-order valence-corrected chi connectivity index (χ1v) is 10.8. The van der Waals surface area contributed by atoms with E-state index in [1.54, 1.807) is 12.1 Å². The molecule has 5 aromatic rings. The number of rotatable bonds is 4. The van der Waals surface area contributed by atoms with Crippen LogP contribution in [0.15, 0.2) is 97.1 Å². The van der Waals surface area contributed by atoms with Crippen molar-refractivity contribution in [2.75, 3.05) is 0 Å². The minimum atomic E-state index is -0.363. The van der Waals surface area contributed by atoms with Crippen LogP contribution >= 0.6 is 0 Å². The highest BCUT2D eigenvalue weighted by Crippen LogP contribution is 2.35. The maximum absolute atomic E-state index is 11.4. The summed E-state index contributed by atoms with van der Waals surface area (Å²) in [4.78, 5) is 16.1. The molecular formula is C29H22N2O2. The third kappa shape index (κ3) is 3.99. The predicted octanol–water partition coefficient (Wildman–Crippen LogP) is 7.76. The Kier molecular flexibility index (Phi) is 5.19. The summed E-state index contributed by atoms with van der Waals surface area (Å²) in [7, 11) is 0. The van der Waals surface area contributed by atoms with Gasteiger partial charge in [-0.15, -0.1) is 0 Å². The topological polar surface area (TPSA) is 56.0 Å². The van der Waals surface area contributed by atoms with Crippen molar-refractivity contribution in [1.29, 1.82) is 0 Å². The molecule has 0 bridgehead atoms. The molecule has 0 atom stereocenters. The van der Waals surface area contributed by atoms with E-state index in [-0.39, 0.29) is 10.6 Å². The smallest absolute Gasteiger partial charge is 0.258 e. The Labute approximate surface area is 192 Å². The van der Waals surface area contributed by atoms with E-state index < -0.39 is 0 Å². The van der Waals surface area contributed by atoms with Gasteiger partial charge in [0, 0.05) is 23.3 Å². The molecular weight excluding hydrogens is 408 g/mol. The first-order valence-electron chi connectivity index (χ1n) is 10.8. The van der Waals surface area contributed by atoms with Crippen molar-refractivity contribution in [3.63, 3.8) is 0 Å². The van der Waals surface area contributed by atoms with Crippen LogP contribution in [0.2, 0.25) is 0 Å². The molecule has 0 saturated carbocycles. The van der Waals surface area contributed by atoms with Crippen LogP contribution < -0.4 is 0 Å². The lowest BCUT2D eigenvalue weighted by atomic mass is 9.95. The highest BCUT2D eigenvalue weighted by atomic mass is 16.6. The van der Waals surface area contributed by atoms with E-state index in [1.165, 1.54) is 11.5 Å². The molecule has 0 aliphatic rings. The number of non-ortho nitro benzene ring substituents is 1. The molecule has 0 aliphatic heterocycles. The van der Waals surface area contributed by atoms with Crippen molar-refractivity contribution >= 4 is 16.5 Å². The summed E-state index contributed by atoms with van der Waals surface area (Å²) >= 11 is 0. The van der Waals surface area contributed by atoms with Gasteiger partial charge >= 0.3 is 0 Å². The summed E-state index contributed by atoms with van der Waals surface area (Å²) in [5, 5.41) is 13.8. The summed E-state index contributed by atoms with van der Waals surface area (Å²) < 4.78 is 0. The predicted molar refractivity (Wildman–Crippen MR) is 134 cm³/mol. The monoisotopic (exact) mass is 430 g/mol. The molecule has 0 aliphatic carbocycles. The van der Waals surface area contributed by atoms with E-state index in [9.17, 15) is 10.1 Å². The fourth-order valence-electron chi connectivity index (χ4n) is 4.23. The molecule has 0 fully saturated rings. The van der Waals surface area contributed by atoms with E-state index in [1.807, 2.05) is 43.3 Å². The summed E-state index contributed by atoms with van der Waals surface area (Å²) in [6, 6.07) is 31.8. The standard InChI is InChI=1S/C29H22N2O2/c1-19-12-13-25(31(32)33)18-27(19)29-17-24(21-8-4-3-5-9-21)16-28(30-29)26-15-23-11-7-6-10-22(23)14-20(26)2/h3-18H,1-2H3. The van der Waals surface area contributed by atoms with Crippen LogP contribution in [0.3, 0.4) is 0 Å². The fourth-order valence-corrected chi connectivity index (χ4v) is 4.23. The van der Waals surface area contributed by atoms with E-state index in [0.717, 1.165) is 50.2 Å². The summed E-state index contributed by atoms with van der Waals surface area (Å²) in [6.45, 7) is 4.05. The van der Waals surface area contributed by atoms with Gasteiger partial charge in [0.2, 0.25) is 0 Å². The van der Waals surface area contributed by atoms with Gasteiger partial charge in [0.25, 0.3) is 5.69 Å². The molecule has 1 heterocycles. The Morgan fingerprint density at radius 2 is 1.24 bits per heavy atom. The summed E-state index contributed by atoms with van der Waals surface area (Å²) in [5.74, 6) is 0. The van der Waals surface area contributed by atoms with E-state index in [0.29, 0.717) is 0 Å². The molecule has 33 heavy (non-hydrogen) atoms. The number of nitrogens with zero attached hydrogens (tertiary/aromatic N) is 2. The number of hydrogen-bond acceptors (Lipinski definition) is 3. The second kappa shape index (κ2) is 8.32. The highest BCUT2D eigenvalue weighted by molar-refractivity contribution is 5.89. The second-order valence-corrected chi connectivity index (χ2v) is 8.26. The molecule has 0 unspecified atom stereocenters. The van der Waals surface area contributed by atoms with Crippen LogP contribution in [0, 0.1) is 24.0 Å². The Hall–Kier alpha value is -4.31. The normalized spacial score (nSPS) is 11.0. The Morgan fingerprint density at radius 1 is 0.636 bits per heavy atom. The number of nitro benzene ring substituents is 1. The molecule has 160 valence electrons. The minimum Gasteiger partial charge on any atom is -0.258 e. The maximum Gasteiger partial charge on any atom is 0.270 e. The zero-order valence-electron chi connectivity index (χ0n) is 18.4. The zero-order valence-corrected chi connectivity index (χ0v) is 18.4. The van der Waals surface area contributed by atoms with Crippen molar-refractivity contribution in [3.8, 4) is 33.6 Å². The molecule has 0 N–H and O–H groups in total. The Bertz CT molecular complexity index is 1510. The van der Waals surface area contributed by atoms with Crippen molar-refractivity contribution in [2.45, 2.75) is 13.8 Å². The molecule has 4 nitrogen and oxygen atoms in total. The number of nitro groups is 1. The first kappa shape index (κ1) is 20.6. The highest BCUT2D eigenvalue weighted by Gasteiger charge is 2.15.